The van der Waals surface area contributed by atoms with E-state index in [1.54, 1.807) is 0 Å². The van der Waals surface area contributed by atoms with Crippen LogP contribution >= 0.6 is 0 Å². The highest BCUT2D eigenvalue weighted by atomic mass is 14.8. The molecule has 0 aliphatic carbocycles. The van der Waals surface area contributed by atoms with Gasteiger partial charge in [-0.05, 0) is 127 Å². The Morgan fingerprint density at radius 2 is 0.402 bits per heavy atom. The third-order valence-electron chi connectivity index (χ3n) is 16.9. The number of fused-ring (bicyclic) bond motifs is 23. The van der Waals surface area contributed by atoms with E-state index in [1.807, 2.05) is 49.1 Å². The normalized spacial score (nSPS) is 12.1. The number of benzene rings is 10. The number of pyridine rings is 8. The molecule has 376 valence electrons. The number of hydrogen-bond donors (Lipinski definition) is 0. The topological polar surface area (TPSA) is 103 Å². The van der Waals surface area contributed by atoms with Crippen LogP contribution in [0.3, 0.4) is 0 Å². The minimum absolute atomic E-state index is 0.874. The van der Waals surface area contributed by atoms with Crippen LogP contribution in [0.5, 0.6) is 0 Å². The molecule has 0 radical (unpaired) electrons. The molecule has 82 heavy (non-hydrogen) atoms. The average Bonchev–Trinajstić information content (AvgIpc) is 3.60. The summed E-state index contributed by atoms with van der Waals surface area (Å²) in [6.45, 7) is 0. The molecule has 0 N–H and O–H groups in total. The average molecular weight is 1040 g/mol. The Morgan fingerprint density at radius 3 is 0.646 bits per heavy atom. The second-order valence-corrected chi connectivity index (χ2v) is 21.4. The van der Waals surface area contributed by atoms with Gasteiger partial charge in [-0.2, -0.15) is 0 Å². The highest BCUT2D eigenvalue weighted by Crippen LogP contribution is 2.48. The van der Waals surface area contributed by atoms with Crippen LogP contribution in [0.4, 0.5) is 0 Å². The van der Waals surface area contributed by atoms with Gasteiger partial charge in [0.15, 0.2) is 0 Å². The van der Waals surface area contributed by atoms with E-state index in [-0.39, 0.29) is 0 Å². The van der Waals surface area contributed by atoms with Crippen LogP contribution in [0.25, 0.3) is 186 Å². The van der Waals surface area contributed by atoms with Gasteiger partial charge in [0.05, 0.1) is 66.9 Å². The van der Waals surface area contributed by atoms with Gasteiger partial charge in [0.1, 0.15) is 0 Å². The summed E-state index contributed by atoms with van der Waals surface area (Å²) in [5.74, 6) is 0. The first-order chi connectivity index (χ1) is 40.6. The van der Waals surface area contributed by atoms with E-state index in [1.165, 1.54) is 0 Å². The van der Waals surface area contributed by atoms with Crippen molar-refractivity contribution in [3.63, 3.8) is 0 Å². The molecule has 0 saturated heterocycles. The summed E-state index contributed by atoms with van der Waals surface area (Å²) in [5, 5.41) is 19.7. The lowest BCUT2D eigenvalue weighted by atomic mass is 9.84. The molecule has 18 rings (SSSR count). The fraction of sp³-hybridized carbons (Fsp3) is 0. The molecule has 8 aromatic heterocycles. The Hall–Kier alpha value is -11.2. The Labute approximate surface area is 466 Å². The molecule has 0 amide bonds. The van der Waals surface area contributed by atoms with Crippen molar-refractivity contribution >= 4 is 141 Å². The van der Waals surface area contributed by atoms with Crippen molar-refractivity contribution in [3.05, 3.63) is 243 Å². The lowest BCUT2D eigenvalue weighted by Crippen LogP contribution is -1.94. The third-order valence-corrected chi connectivity index (χ3v) is 16.9. The quantitative estimate of drug-likeness (QED) is 0.161. The Morgan fingerprint density at radius 1 is 0.183 bits per heavy atom. The zero-order valence-electron chi connectivity index (χ0n) is 43.7. The largest absolute Gasteiger partial charge is 0.254 e. The third kappa shape index (κ3) is 6.72. The Balaban J connectivity index is 0.969. The number of nitrogens with zero attached hydrogens (tertiary/aromatic N) is 8. The maximum atomic E-state index is 5.41. The molecule has 0 bridgehead atoms. The van der Waals surface area contributed by atoms with E-state index in [2.05, 4.69) is 194 Å². The van der Waals surface area contributed by atoms with Crippen molar-refractivity contribution in [2.75, 3.05) is 0 Å². The fourth-order valence-electron chi connectivity index (χ4n) is 12.9. The van der Waals surface area contributed by atoms with Crippen molar-refractivity contribution in [3.8, 4) is 45.0 Å². The summed E-state index contributed by atoms with van der Waals surface area (Å²) < 4.78 is 0. The van der Waals surface area contributed by atoms with Crippen LogP contribution < -0.4 is 0 Å². The minimum Gasteiger partial charge on any atom is -0.254 e. The first-order valence-electron chi connectivity index (χ1n) is 27.5. The van der Waals surface area contributed by atoms with Crippen LogP contribution in [-0.4, -0.2) is 39.9 Å². The predicted octanol–water partition coefficient (Wildman–Crippen LogP) is 18.5. The number of hydrogen-bond acceptors (Lipinski definition) is 8. The monoisotopic (exact) mass is 1040 g/mol. The molecule has 0 aliphatic heterocycles. The summed E-state index contributed by atoms with van der Waals surface area (Å²) in [7, 11) is 0. The molecule has 8 heteroatoms. The standard InChI is InChI=1S/C74H40N8/c1-5-41-9-13-45-21-29-61(79-71(45)67(41)75-33-1)49-17-25-53-54-26-18-51(63-31-23-47-15-11-43-7-3-35-77-69(43)73(47)81-63)39-59(54)66-60-40-52(64-32-24-48-16-12-44-8-4-36-78-70(44)74(48)82-64)20-28-56(60)55-27-19-50(38-58(55)65(66)57(53)37-49)62-30-22-46-14-10-42-6-2-34-76-68(42)72(46)80-62/h1-40H. The van der Waals surface area contributed by atoms with Crippen LogP contribution in [-0.2, 0) is 0 Å². The molecule has 0 aliphatic rings. The molecular weight excluding hydrogens is 1000 g/mol. The SMILES string of the molecule is c1cnc2c(c1)ccc1ccc(-c3ccc4c5ccc(-c6ccc7ccc8cccnc8c7n6)cc5c5c6cc(-c7ccc8ccc9cccnc9c8n7)ccc6c6ccc(-c7ccc8ccc9cccnc9c8n7)cc6c5c4c3)nc12. The van der Waals surface area contributed by atoms with Gasteiger partial charge in [0, 0.05) is 90.1 Å². The lowest BCUT2D eigenvalue weighted by Gasteiger charge is -2.19. The van der Waals surface area contributed by atoms with Crippen molar-refractivity contribution in [1.82, 2.24) is 39.9 Å². The zero-order chi connectivity index (χ0) is 53.6. The van der Waals surface area contributed by atoms with Gasteiger partial charge >= 0.3 is 0 Å². The molecule has 0 atom stereocenters. The molecule has 0 saturated carbocycles. The van der Waals surface area contributed by atoms with E-state index in [9.17, 15) is 0 Å². The summed E-state index contributed by atoms with van der Waals surface area (Å²) in [4.78, 5) is 40.9. The summed E-state index contributed by atoms with van der Waals surface area (Å²) in [5.41, 5.74) is 14.6. The maximum absolute atomic E-state index is 5.41. The molecule has 18 aromatic rings. The summed E-state index contributed by atoms with van der Waals surface area (Å²) >= 11 is 0. The first-order valence-corrected chi connectivity index (χ1v) is 27.5. The molecule has 8 heterocycles. The van der Waals surface area contributed by atoms with Crippen molar-refractivity contribution in [2.24, 2.45) is 0 Å². The molecule has 0 fully saturated rings. The smallest absolute Gasteiger partial charge is 0.0972 e. The predicted molar refractivity (Wildman–Crippen MR) is 338 cm³/mol. The number of aromatic nitrogens is 8. The van der Waals surface area contributed by atoms with E-state index in [4.69, 9.17) is 39.9 Å². The van der Waals surface area contributed by atoms with Gasteiger partial charge in [0.2, 0.25) is 0 Å². The first kappa shape index (κ1) is 44.7. The van der Waals surface area contributed by atoms with Crippen molar-refractivity contribution < 1.29 is 0 Å². The molecule has 10 aromatic carbocycles. The molecule has 8 nitrogen and oxygen atoms in total. The fourth-order valence-corrected chi connectivity index (χ4v) is 12.9. The highest BCUT2D eigenvalue weighted by Gasteiger charge is 2.21. The second-order valence-electron chi connectivity index (χ2n) is 21.4. The summed E-state index contributed by atoms with van der Waals surface area (Å²) in [6, 6.07) is 78.1. The number of rotatable bonds is 4. The van der Waals surface area contributed by atoms with Gasteiger partial charge < -0.3 is 0 Å². The summed E-state index contributed by atoms with van der Waals surface area (Å²) in [6.07, 6.45) is 7.39. The van der Waals surface area contributed by atoms with E-state index in [0.29, 0.717) is 0 Å². The van der Waals surface area contributed by atoms with Gasteiger partial charge in [-0.1, -0.05) is 146 Å². The maximum Gasteiger partial charge on any atom is 0.0972 e. The van der Waals surface area contributed by atoms with Crippen LogP contribution in [0.2, 0.25) is 0 Å². The molecule has 0 spiro atoms. The second kappa shape index (κ2) is 17.1. The van der Waals surface area contributed by atoms with Gasteiger partial charge in [-0.3, -0.25) is 19.9 Å². The van der Waals surface area contributed by atoms with Crippen molar-refractivity contribution in [1.29, 1.82) is 0 Å². The van der Waals surface area contributed by atoms with E-state index in [0.717, 1.165) is 186 Å². The lowest BCUT2D eigenvalue weighted by molar-refractivity contribution is 1.37. The van der Waals surface area contributed by atoms with Gasteiger partial charge in [-0.15, -0.1) is 0 Å². The molecular formula is C74H40N8. The van der Waals surface area contributed by atoms with Crippen molar-refractivity contribution in [2.45, 2.75) is 0 Å². The van der Waals surface area contributed by atoms with E-state index < -0.39 is 0 Å². The minimum atomic E-state index is 0.874. The molecule has 0 unspecified atom stereocenters. The Bertz CT molecular complexity index is 5140. The highest BCUT2D eigenvalue weighted by molar-refractivity contribution is 6.40. The zero-order valence-corrected chi connectivity index (χ0v) is 43.7. The van der Waals surface area contributed by atoms with Crippen LogP contribution in [0.15, 0.2) is 243 Å². The van der Waals surface area contributed by atoms with Crippen LogP contribution in [0.1, 0.15) is 0 Å². The van der Waals surface area contributed by atoms with Crippen LogP contribution in [0, 0.1) is 0 Å². The van der Waals surface area contributed by atoms with Gasteiger partial charge in [0.25, 0.3) is 0 Å². The van der Waals surface area contributed by atoms with Gasteiger partial charge in [-0.25, -0.2) is 19.9 Å². The van der Waals surface area contributed by atoms with E-state index >= 15 is 0 Å². The Kier molecular flexibility index (Phi) is 9.35.